The standard InChI is InChI=1S/C29H20ClNO5S/c30-23-14-26-25(35-17-36-26)12-20(23)15-31-28(32)27(37-29(31)33)13-22-21-9-5-4-8-19(21)10-11-24(22)34-16-18-6-2-1-3-7-18/h1-14H,15-17H2/b27-13+. The van der Waals surface area contributed by atoms with Crippen molar-refractivity contribution in [3.8, 4) is 17.2 Å². The number of nitrogens with zero attached hydrogens (tertiary/aromatic N) is 1. The molecule has 8 heteroatoms. The van der Waals surface area contributed by atoms with Gasteiger partial charge in [0, 0.05) is 16.7 Å². The molecular weight excluding hydrogens is 510 g/mol. The van der Waals surface area contributed by atoms with E-state index >= 15 is 0 Å². The SMILES string of the molecule is O=C1S/C(=C/c2c(OCc3ccccc3)ccc3ccccc23)C(=O)N1Cc1cc2c(cc1Cl)OCO2. The van der Waals surface area contributed by atoms with Crippen molar-refractivity contribution in [2.45, 2.75) is 13.2 Å². The molecule has 6 rings (SSSR count). The van der Waals surface area contributed by atoms with Crippen LogP contribution in [0.2, 0.25) is 5.02 Å². The van der Waals surface area contributed by atoms with Crippen LogP contribution in [0.15, 0.2) is 83.8 Å². The van der Waals surface area contributed by atoms with E-state index in [4.69, 9.17) is 25.8 Å². The van der Waals surface area contributed by atoms with E-state index in [0.29, 0.717) is 39.3 Å². The average molecular weight is 530 g/mol. The number of ether oxygens (including phenoxy) is 3. The summed E-state index contributed by atoms with van der Waals surface area (Å²) in [6.07, 6.45) is 1.74. The van der Waals surface area contributed by atoms with Gasteiger partial charge in [0.1, 0.15) is 12.4 Å². The Bertz CT molecular complexity index is 1570. The molecule has 2 amide bonds. The highest BCUT2D eigenvalue weighted by Crippen LogP contribution is 2.40. The van der Waals surface area contributed by atoms with Gasteiger partial charge in [0.2, 0.25) is 6.79 Å². The van der Waals surface area contributed by atoms with Gasteiger partial charge in [0.05, 0.1) is 11.4 Å². The third kappa shape index (κ3) is 4.63. The van der Waals surface area contributed by atoms with Crippen LogP contribution < -0.4 is 14.2 Å². The van der Waals surface area contributed by atoms with Crippen LogP contribution in [0.25, 0.3) is 16.8 Å². The van der Waals surface area contributed by atoms with Gasteiger partial charge >= 0.3 is 0 Å². The summed E-state index contributed by atoms with van der Waals surface area (Å²) in [6, 6.07) is 25.0. The van der Waals surface area contributed by atoms with Crippen LogP contribution in [0.4, 0.5) is 4.79 Å². The van der Waals surface area contributed by atoms with Crippen molar-refractivity contribution in [3.63, 3.8) is 0 Å². The van der Waals surface area contributed by atoms with E-state index in [0.717, 1.165) is 33.7 Å². The fraction of sp³-hybridized carbons (Fsp3) is 0.103. The first kappa shape index (κ1) is 23.5. The molecule has 1 saturated heterocycles. The van der Waals surface area contributed by atoms with E-state index in [-0.39, 0.29) is 24.5 Å². The molecule has 184 valence electrons. The highest BCUT2D eigenvalue weighted by atomic mass is 35.5. The highest BCUT2D eigenvalue weighted by Gasteiger charge is 2.36. The van der Waals surface area contributed by atoms with Gasteiger partial charge in [-0.3, -0.25) is 14.5 Å². The zero-order valence-corrected chi connectivity index (χ0v) is 21.1. The maximum atomic E-state index is 13.4. The molecule has 4 aromatic carbocycles. The summed E-state index contributed by atoms with van der Waals surface area (Å²) in [5.41, 5.74) is 2.38. The number of amides is 2. The predicted octanol–water partition coefficient (Wildman–Crippen LogP) is 7.04. The maximum Gasteiger partial charge on any atom is 0.293 e. The normalized spacial score (nSPS) is 15.7. The number of rotatable bonds is 6. The Hall–Kier alpha value is -3.94. The Kier molecular flexibility index (Phi) is 6.24. The zero-order valence-electron chi connectivity index (χ0n) is 19.5. The lowest BCUT2D eigenvalue weighted by atomic mass is 10.0. The molecule has 37 heavy (non-hydrogen) atoms. The molecule has 0 bridgehead atoms. The fourth-order valence-electron chi connectivity index (χ4n) is 4.30. The topological polar surface area (TPSA) is 65.1 Å². The Labute approximate surface area is 222 Å². The van der Waals surface area contributed by atoms with Gasteiger partial charge in [0.25, 0.3) is 11.1 Å². The largest absolute Gasteiger partial charge is 0.488 e. The number of hydrogen-bond donors (Lipinski definition) is 0. The summed E-state index contributed by atoms with van der Waals surface area (Å²) in [6.45, 7) is 0.521. The van der Waals surface area contributed by atoms with Crippen LogP contribution >= 0.6 is 23.4 Å². The molecule has 0 aliphatic carbocycles. The summed E-state index contributed by atoms with van der Waals surface area (Å²) in [4.78, 5) is 27.8. The molecule has 2 heterocycles. The third-order valence-corrected chi connectivity index (χ3v) is 7.45. The summed E-state index contributed by atoms with van der Waals surface area (Å²) >= 11 is 7.30. The zero-order chi connectivity index (χ0) is 25.4. The molecule has 0 N–H and O–H groups in total. The van der Waals surface area contributed by atoms with E-state index in [2.05, 4.69) is 0 Å². The average Bonchev–Trinajstić information content (AvgIpc) is 3.47. The van der Waals surface area contributed by atoms with Crippen LogP contribution in [0, 0.1) is 0 Å². The predicted molar refractivity (Wildman–Crippen MR) is 144 cm³/mol. The second kappa shape index (κ2) is 9.84. The molecule has 0 unspecified atom stereocenters. The van der Waals surface area contributed by atoms with Gasteiger partial charge < -0.3 is 14.2 Å². The first-order valence-corrected chi connectivity index (χ1v) is 12.8. The van der Waals surface area contributed by atoms with Gasteiger partial charge in [0.15, 0.2) is 11.5 Å². The maximum absolute atomic E-state index is 13.4. The molecule has 0 atom stereocenters. The van der Waals surface area contributed by atoms with Gasteiger partial charge in [-0.05, 0) is 51.9 Å². The molecule has 0 saturated carbocycles. The lowest BCUT2D eigenvalue weighted by Gasteiger charge is -2.14. The highest BCUT2D eigenvalue weighted by molar-refractivity contribution is 8.18. The van der Waals surface area contributed by atoms with Gasteiger partial charge in [-0.25, -0.2) is 0 Å². The first-order valence-electron chi connectivity index (χ1n) is 11.6. The Balaban J connectivity index is 1.32. The summed E-state index contributed by atoms with van der Waals surface area (Å²) < 4.78 is 16.9. The van der Waals surface area contributed by atoms with Crippen LogP contribution in [0.1, 0.15) is 16.7 Å². The van der Waals surface area contributed by atoms with Gasteiger partial charge in [-0.1, -0.05) is 72.3 Å². The Morgan fingerprint density at radius 1 is 0.946 bits per heavy atom. The molecule has 0 spiro atoms. The van der Waals surface area contributed by atoms with E-state index in [9.17, 15) is 9.59 Å². The van der Waals surface area contributed by atoms with E-state index in [1.165, 1.54) is 4.90 Å². The van der Waals surface area contributed by atoms with Crippen LogP contribution in [-0.4, -0.2) is 22.8 Å². The smallest absolute Gasteiger partial charge is 0.293 e. The second-order valence-electron chi connectivity index (χ2n) is 8.54. The number of thioether (sulfide) groups is 1. The molecular formula is C29H20ClNO5S. The minimum Gasteiger partial charge on any atom is -0.488 e. The second-order valence-corrected chi connectivity index (χ2v) is 9.94. The van der Waals surface area contributed by atoms with Crippen molar-refractivity contribution in [2.24, 2.45) is 0 Å². The number of benzene rings is 4. The monoisotopic (exact) mass is 529 g/mol. The number of imide groups is 1. The van der Waals surface area contributed by atoms with Crippen molar-refractivity contribution >= 4 is 51.4 Å². The first-order chi connectivity index (χ1) is 18.1. The van der Waals surface area contributed by atoms with Crippen molar-refractivity contribution in [1.29, 1.82) is 0 Å². The van der Waals surface area contributed by atoms with Crippen LogP contribution in [0.5, 0.6) is 17.2 Å². The lowest BCUT2D eigenvalue weighted by Crippen LogP contribution is -2.27. The van der Waals surface area contributed by atoms with Crippen LogP contribution in [-0.2, 0) is 17.9 Å². The van der Waals surface area contributed by atoms with Crippen molar-refractivity contribution in [1.82, 2.24) is 4.90 Å². The Morgan fingerprint density at radius 3 is 2.54 bits per heavy atom. The molecule has 6 nitrogen and oxygen atoms in total. The van der Waals surface area contributed by atoms with Crippen molar-refractivity contribution in [3.05, 3.63) is 105 Å². The molecule has 0 radical (unpaired) electrons. The number of halogens is 1. The van der Waals surface area contributed by atoms with E-state index < -0.39 is 0 Å². The molecule has 1 fully saturated rings. The van der Waals surface area contributed by atoms with Crippen molar-refractivity contribution in [2.75, 3.05) is 6.79 Å². The van der Waals surface area contributed by atoms with E-state index in [1.807, 2.05) is 66.7 Å². The summed E-state index contributed by atoms with van der Waals surface area (Å²) in [5.74, 6) is 1.33. The molecule has 4 aromatic rings. The van der Waals surface area contributed by atoms with Crippen LogP contribution in [0.3, 0.4) is 0 Å². The van der Waals surface area contributed by atoms with Gasteiger partial charge in [-0.2, -0.15) is 0 Å². The van der Waals surface area contributed by atoms with Gasteiger partial charge in [-0.15, -0.1) is 0 Å². The third-order valence-electron chi connectivity index (χ3n) is 6.19. The number of carbonyl (C=O) groups is 2. The summed E-state index contributed by atoms with van der Waals surface area (Å²) in [5, 5.41) is 1.97. The lowest BCUT2D eigenvalue weighted by molar-refractivity contribution is -0.123. The Morgan fingerprint density at radius 2 is 1.70 bits per heavy atom. The minimum absolute atomic E-state index is 0.0321. The molecule has 2 aliphatic heterocycles. The molecule has 0 aromatic heterocycles. The number of hydrogen-bond acceptors (Lipinski definition) is 6. The number of fused-ring (bicyclic) bond motifs is 2. The fourth-order valence-corrected chi connectivity index (χ4v) is 5.34. The van der Waals surface area contributed by atoms with E-state index in [1.54, 1.807) is 18.2 Å². The quantitative estimate of drug-likeness (QED) is 0.250. The minimum atomic E-state index is -0.384. The number of carbonyl (C=O) groups excluding carboxylic acids is 2. The summed E-state index contributed by atoms with van der Waals surface area (Å²) in [7, 11) is 0. The molecule has 2 aliphatic rings. The van der Waals surface area contributed by atoms with Crippen molar-refractivity contribution < 1.29 is 23.8 Å².